The maximum atomic E-state index is 10.4. The Hall–Kier alpha value is -0.120. The molecule has 1 saturated heterocycles. The SMILES string of the molecule is OC1(CN2CCN(CC3CC3)CC2)CCCC1. The Morgan fingerprint density at radius 3 is 2.12 bits per heavy atom. The molecule has 0 radical (unpaired) electrons. The minimum atomic E-state index is -0.349. The second kappa shape index (κ2) is 4.87. The Bertz CT molecular complexity index is 251. The van der Waals surface area contributed by atoms with Crippen LogP contribution < -0.4 is 0 Å². The Kier molecular flexibility index (Phi) is 3.42. The van der Waals surface area contributed by atoms with E-state index in [0.29, 0.717) is 0 Å². The van der Waals surface area contributed by atoms with E-state index in [9.17, 15) is 5.11 Å². The van der Waals surface area contributed by atoms with Crippen molar-refractivity contribution in [2.45, 2.75) is 44.1 Å². The smallest absolute Gasteiger partial charge is 0.0774 e. The van der Waals surface area contributed by atoms with Crippen molar-refractivity contribution in [2.75, 3.05) is 39.3 Å². The number of hydrogen-bond acceptors (Lipinski definition) is 3. The molecule has 0 aromatic carbocycles. The number of hydrogen-bond donors (Lipinski definition) is 1. The summed E-state index contributed by atoms with van der Waals surface area (Å²) in [6, 6.07) is 0. The molecule has 0 unspecified atom stereocenters. The van der Waals surface area contributed by atoms with Crippen LogP contribution in [0.2, 0.25) is 0 Å². The zero-order chi connectivity index (χ0) is 11.7. The Labute approximate surface area is 105 Å². The van der Waals surface area contributed by atoms with Crippen molar-refractivity contribution >= 4 is 0 Å². The van der Waals surface area contributed by atoms with Crippen LogP contribution in [0, 0.1) is 5.92 Å². The van der Waals surface area contributed by atoms with Gasteiger partial charge in [-0.1, -0.05) is 12.8 Å². The van der Waals surface area contributed by atoms with Crippen LogP contribution in [0.1, 0.15) is 38.5 Å². The molecule has 0 spiro atoms. The molecule has 3 heteroatoms. The summed E-state index contributed by atoms with van der Waals surface area (Å²) in [5, 5.41) is 10.4. The summed E-state index contributed by atoms with van der Waals surface area (Å²) in [4.78, 5) is 5.10. The van der Waals surface area contributed by atoms with Gasteiger partial charge in [-0.25, -0.2) is 0 Å². The third kappa shape index (κ3) is 3.21. The first-order chi connectivity index (χ1) is 8.23. The summed E-state index contributed by atoms with van der Waals surface area (Å²) in [6.07, 6.45) is 7.40. The van der Waals surface area contributed by atoms with Gasteiger partial charge in [0.15, 0.2) is 0 Å². The van der Waals surface area contributed by atoms with Gasteiger partial charge in [0.1, 0.15) is 0 Å². The molecule has 2 saturated carbocycles. The summed E-state index contributed by atoms with van der Waals surface area (Å²) in [5.74, 6) is 1.01. The van der Waals surface area contributed by atoms with Gasteiger partial charge in [0, 0.05) is 39.3 Å². The second-order valence-electron chi connectivity index (χ2n) is 6.45. The first-order valence-electron chi connectivity index (χ1n) is 7.41. The van der Waals surface area contributed by atoms with Crippen molar-refractivity contribution in [3.63, 3.8) is 0 Å². The Balaban J connectivity index is 1.41. The fraction of sp³-hybridized carbons (Fsp3) is 1.00. The average molecular weight is 238 g/mol. The third-order valence-corrected chi connectivity index (χ3v) is 4.73. The monoisotopic (exact) mass is 238 g/mol. The predicted molar refractivity (Wildman–Crippen MR) is 69.0 cm³/mol. The lowest BCUT2D eigenvalue weighted by molar-refractivity contribution is -0.00490. The molecule has 2 aliphatic carbocycles. The standard InChI is InChI=1S/C14H26N2O/c17-14(5-1-2-6-14)12-16-9-7-15(8-10-16)11-13-3-4-13/h13,17H,1-12H2. The average Bonchev–Trinajstić information content (AvgIpc) is 3.03. The maximum Gasteiger partial charge on any atom is 0.0774 e. The van der Waals surface area contributed by atoms with E-state index in [-0.39, 0.29) is 5.60 Å². The van der Waals surface area contributed by atoms with E-state index in [4.69, 9.17) is 0 Å². The van der Waals surface area contributed by atoms with Gasteiger partial charge in [-0.2, -0.15) is 0 Å². The third-order valence-electron chi connectivity index (χ3n) is 4.73. The zero-order valence-electron chi connectivity index (χ0n) is 10.9. The van der Waals surface area contributed by atoms with Crippen molar-refractivity contribution in [2.24, 2.45) is 5.92 Å². The van der Waals surface area contributed by atoms with Gasteiger partial charge in [0.2, 0.25) is 0 Å². The summed E-state index contributed by atoms with van der Waals surface area (Å²) >= 11 is 0. The van der Waals surface area contributed by atoms with Gasteiger partial charge in [-0.05, 0) is 31.6 Å². The van der Waals surface area contributed by atoms with Crippen molar-refractivity contribution in [3.05, 3.63) is 0 Å². The van der Waals surface area contributed by atoms with Crippen molar-refractivity contribution in [1.29, 1.82) is 0 Å². The summed E-state index contributed by atoms with van der Waals surface area (Å²) in [5.41, 5.74) is -0.349. The summed E-state index contributed by atoms with van der Waals surface area (Å²) in [6.45, 7) is 7.01. The van der Waals surface area contributed by atoms with E-state index in [1.807, 2.05) is 0 Å². The highest BCUT2D eigenvalue weighted by Gasteiger charge is 2.34. The predicted octanol–water partition coefficient (Wildman–Crippen LogP) is 1.32. The van der Waals surface area contributed by atoms with Crippen molar-refractivity contribution < 1.29 is 5.11 Å². The van der Waals surface area contributed by atoms with Gasteiger partial charge in [-0.15, -0.1) is 0 Å². The van der Waals surface area contributed by atoms with E-state index in [1.165, 1.54) is 45.3 Å². The first-order valence-corrected chi connectivity index (χ1v) is 7.41. The largest absolute Gasteiger partial charge is 0.389 e. The molecule has 98 valence electrons. The summed E-state index contributed by atoms with van der Waals surface area (Å²) < 4.78 is 0. The topological polar surface area (TPSA) is 26.7 Å². The molecule has 1 heterocycles. The molecule has 3 rings (SSSR count). The molecule has 0 aromatic rings. The minimum Gasteiger partial charge on any atom is -0.389 e. The Morgan fingerprint density at radius 1 is 0.941 bits per heavy atom. The molecule has 0 atom stereocenters. The lowest BCUT2D eigenvalue weighted by Crippen LogP contribution is -2.51. The van der Waals surface area contributed by atoms with Gasteiger partial charge in [0.25, 0.3) is 0 Å². The van der Waals surface area contributed by atoms with Crippen molar-refractivity contribution in [3.8, 4) is 0 Å². The molecular formula is C14H26N2O. The minimum absolute atomic E-state index is 0.349. The molecule has 1 N–H and O–H groups in total. The second-order valence-corrected chi connectivity index (χ2v) is 6.45. The fourth-order valence-electron chi connectivity index (χ4n) is 3.40. The number of piperazine rings is 1. The van der Waals surface area contributed by atoms with Crippen LogP contribution in [0.25, 0.3) is 0 Å². The molecule has 0 bridgehead atoms. The number of nitrogens with zero attached hydrogens (tertiary/aromatic N) is 2. The van der Waals surface area contributed by atoms with E-state index >= 15 is 0 Å². The molecule has 17 heavy (non-hydrogen) atoms. The van der Waals surface area contributed by atoms with E-state index in [1.54, 1.807) is 0 Å². The van der Waals surface area contributed by atoms with Crippen LogP contribution in [0.3, 0.4) is 0 Å². The lowest BCUT2D eigenvalue weighted by Gasteiger charge is -2.38. The highest BCUT2D eigenvalue weighted by atomic mass is 16.3. The quantitative estimate of drug-likeness (QED) is 0.800. The number of rotatable bonds is 4. The first kappa shape index (κ1) is 11.9. The summed E-state index contributed by atoms with van der Waals surface area (Å²) in [7, 11) is 0. The van der Waals surface area contributed by atoms with Gasteiger partial charge >= 0.3 is 0 Å². The maximum absolute atomic E-state index is 10.4. The number of β-amino-alcohol motifs (C(OH)–C–C–N with tert-alkyl or cyclic N) is 1. The Morgan fingerprint density at radius 2 is 1.53 bits per heavy atom. The lowest BCUT2D eigenvalue weighted by atomic mass is 10.0. The molecule has 0 amide bonds. The van der Waals surface area contributed by atoms with Crippen molar-refractivity contribution in [1.82, 2.24) is 9.80 Å². The zero-order valence-corrected chi connectivity index (χ0v) is 10.9. The van der Waals surface area contributed by atoms with Crippen LogP contribution >= 0.6 is 0 Å². The van der Waals surface area contributed by atoms with Crippen LogP contribution in [0.4, 0.5) is 0 Å². The normalized spacial score (nSPS) is 30.9. The molecule has 3 nitrogen and oxygen atoms in total. The van der Waals surface area contributed by atoms with E-state index < -0.39 is 0 Å². The number of aliphatic hydroxyl groups is 1. The molecule has 0 aromatic heterocycles. The van der Waals surface area contributed by atoms with E-state index in [0.717, 1.165) is 38.4 Å². The van der Waals surface area contributed by atoms with E-state index in [2.05, 4.69) is 9.80 Å². The molecule has 1 aliphatic heterocycles. The highest BCUT2D eigenvalue weighted by molar-refractivity contribution is 4.89. The molecule has 3 fully saturated rings. The van der Waals surface area contributed by atoms with Crippen LogP contribution in [0.5, 0.6) is 0 Å². The fourth-order valence-corrected chi connectivity index (χ4v) is 3.40. The highest BCUT2D eigenvalue weighted by Crippen LogP contribution is 2.31. The van der Waals surface area contributed by atoms with Crippen LogP contribution in [-0.2, 0) is 0 Å². The molecular weight excluding hydrogens is 212 g/mol. The van der Waals surface area contributed by atoms with Crippen LogP contribution in [-0.4, -0.2) is 59.8 Å². The van der Waals surface area contributed by atoms with Gasteiger partial charge in [-0.3, -0.25) is 4.90 Å². The van der Waals surface area contributed by atoms with Crippen LogP contribution in [0.15, 0.2) is 0 Å². The van der Waals surface area contributed by atoms with Gasteiger partial charge in [0.05, 0.1) is 5.60 Å². The molecule has 3 aliphatic rings. The van der Waals surface area contributed by atoms with Gasteiger partial charge < -0.3 is 10.0 Å².